The number of carbonyl (C=O) groups is 1. The number of rotatable bonds is 5. The third-order valence-electron chi connectivity index (χ3n) is 3.05. The van der Waals surface area contributed by atoms with Gasteiger partial charge in [-0.15, -0.1) is 0 Å². The van der Waals surface area contributed by atoms with Crippen LogP contribution in [0.2, 0.25) is 0 Å². The summed E-state index contributed by atoms with van der Waals surface area (Å²) in [5.74, 6) is -0.377. The highest BCUT2D eigenvalue weighted by molar-refractivity contribution is 5.73. The Morgan fingerprint density at radius 2 is 2.13 bits per heavy atom. The van der Waals surface area contributed by atoms with Crippen molar-refractivity contribution in [3.8, 4) is 0 Å². The Balaban J connectivity index is 2.32. The zero-order valence-electron chi connectivity index (χ0n) is 8.80. The molecule has 5 nitrogen and oxygen atoms in total. The maximum Gasteiger partial charge on any atom is 0.312 e. The fourth-order valence-electron chi connectivity index (χ4n) is 2.16. The van der Waals surface area contributed by atoms with Crippen LogP contribution in [0.1, 0.15) is 44.9 Å². The monoisotopic (exact) mass is 211 g/mol. The van der Waals surface area contributed by atoms with Crippen LogP contribution in [-0.2, 0) is 4.79 Å². The van der Waals surface area contributed by atoms with Crippen LogP contribution in [-0.4, -0.2) is 17.1 Å². The molecular weight excluding hydrogens is 194 g/mol. The molecule has 0 aromatic heterocycles. The van der Waals surface area contributed by atoms with E-state index in [1.54, 1.807) is 0 Å². The first-order chi connectivity index (χ1) is 7.24. The molecule has 0 radical (unpaired) electrons. The van der Waals surface area contributed by atoms with Gasteiger partial charge in [-0.05, 0) is 24.3 Å². The predicted molar refractivity (Wildman–Crippen MR) is 56.4 cm³/mol. The highest BCUT2D eigenvalue weighted by atomic mass is 16.4. The summed E-state index contributed by atoms with van der Waals surface area (Å²) in [6.07, 6.45) is 7.55. The molecule has 1 saturated carbocycles. The van der Waals surface area contributed by atoms with E-state index in [1.807, 2.05) is 0 Å². The molecule has 0 aliphatic heterocycles. The molecule has 5 heteroatoms. The number of carboxylic acids is 1. The van der Waals surface area contributed by atoms with Crippen molar-refractivity contribution >= 4 is 5.97 Å². The van der Waals surface area contributed by atoms with E-state index in [1.165, 1.54) is 32.1 Å². The molecule has 0 saturated heterocycles. The van der Waals surface area contributed by atoms with Crippen LogP contribution in [0, 0.1) is 5.92 Å². The lowest BCUT2D eigenvalue weighted by Crippen LogP contribution is -2.19. The van der Waals surface area contributed by atoms with Crippen LogP contribution in [0.15, 0.2) is 5.11 Å². The largest absolute Gasteiger partial charge is 0.481 e. The smallest absolute Gasteiger partial charge is 0.312 e. The van der Waals surface area contributed by atoms with Gasteiger partial charge in [-0.25, -0.2) is 0 Å². The molecule has 1 atom stereocenters. The summed E-state index contributed by atoms with van der Waals surface area (Å²) in [4.78, 5) is 13.3. The molecule has 0 unspecified atom stereocenters. The summed E-state index contributed by atoms with van der Waals surface area (Å²) >= 11 is 0. The van der Waals surface area contributed by atoms with Gasteiger partial charge < -0.3 is 5.11 Å². The lowest BCUT2D eigenvalue weighted by atomic mass is 9.85. The van der Waals surface area contributed by atoms with Gasteiger partial charge in [0.05, 0.1) is 0 Å². The van der Waals surface area contributed by atoms with E-state index < -0.39 is 12.0 Å². The highest BCUT2D eigenvalue weighted by Gasteiger charge is 2.19. The van der Waals surface area contributed by atoms with Crippen LogP contribution in [0.4, 0.5) is 0 Å². The molecule has 0 aromatic carbocycles. The van der Waals surface area contributed by atoms with Gasteiger partial charge in [0, 0.05) is 4.91 Å². The zero-order chi connectivity index (χ0) is 11.1. The fraction of sp³-hybridized carbons (Fsp3) is 0.900. The molecule has 0 amide bonds. The average Bonchev–Trinajstić information content (AvgIpc) is 2.25. The molecule has 1 aliphatic carbocycles. The van der Waals surface area contributed by atoms with E-state index in [9.17, 15) is 4.79 Å². The van der Waals surface area contributed by atoms with Crippen molar-refractivity contribution in [3.63, 3.8) is 0 Å². The third-order valence-corrected chi connectivity index (χ3v) is 3.05. The van der Waals surface area contributed by atoms with Crippen molar-refractivity contribution in [3.05, 3.63) is 10.4 Å². The van der Waals surface area contributed by atoms with E-state index in [0.717, 1.165) is 6.42 Å². The van der Waals surface area contributed by atoms with Crippen molar-refractivity contribution in [2.24, 2.45) is 11.0 Å². The fourth-order valence-corrected chi connectivity index (χ4v) is 2.16. The molecule has 1 N–H and O–H groups in total. The molecule has 0 spiro atoms. The second-order valence-corrected chi connectivity index (χ2v) is 4.14. The standard InChI is InChI=1S/C10H17N3O2/c11-13-12-9(10(14)15)7-6-8-4-2-1-3-5-8/h8-9H,1-7H2,(H,14,15)/t9-/m0/s1. The Labute approximate surface area is 89.1 Å². The Kier molecular flexibility index (Phi) is 4.98. The van der Waals surface area contributed by atoms with Crippen molar-refractivity contribution < 1.29 is 9.90 Å². The van der Waals surface area contributed by atoms with Crippen molar-refractivity contribution in [1.82, 2.24) is 0 Å². The van der Waals surface area contributed by atoms with Crippen molar-refractivity contribution in [1.29, 1.82) is 0 Å². The van der Waals surface area contributed by atoms with Crippen LogP contribution < -0.4 is 0 Å². The zero-order valence-corrected chi connectivity index (χ0v) is 8.80. The van der Waals surface area contributed by atoms with Gasteiger partial charge >= 0.3 is 5.97 Å². The SMILES string of the molecule is [N-]=[N+]=N[C@@H](CCC1CCCCC1)C(=O)O. The minimum absolute atomic E-state index is 0.476. The second-order valence-electron chi connectivity index (χ2n) is 4.14. The van der Waals surface area contributed by atoms with E-state index in [-0.39, 0.29) is 0 Å². The quantitative estimate of drug-likeness (QED) is 0.430. The predicted octanol–water partition coefficient (Wildman–Crippen LogP) is 3.11. The van der Waals surface area contributed by atoms with Gasteiger partial charge in [0.1, 0.15) is 6.04 Å². The van der Waals surface area contributed by atoms with E-state index >= 15 is 0 Å². The number of aliphatic carboxylic acids is 1. The molecule has 1 aliphatic rings. The Morgan fingerprint density at radius 3 is 2.67 bits per heavy atom. The number of carboxylic acid groups (broad SMARTS) is 1. The topological polar surface area (TPSA) is 86.1 Å². The minimum Gasteiger partial charge on any atom is -0.481 e. The Hall–Kier alpha value is -1.22. The number of azide groups is 1. The Morgan fingerprint density at radius 1 is 1.47 bits per heavy atom. The molecule has 0 heterocycles. The molecule has 15 heavy (non-hydrogen) atoms. The highest BCUT2D eigenvalue weighted by Crippen LogP contribution is 2.28. The van der Waals surface area contributed by atoms with Gasteiger partial charge in [0.2, 0.25) is 0 Å². The molecule has 0 aromatic rings. The van der Waals surface area contributed by atoms with Crippen LogP contribution in [0.3, 0.4) is 0 Å². The van der Waals surface area contributed by atoms with Gasteiger partial charge in [-0.1, -0.05) is 37.2 Å². The first-order valence-electron chi connectivity index (χ1n) is 5.51. The maximum absolute atomic E-state index is 10.7. The van der Waals surface area contributed by atoms with E-state index in [0.29, 0.717) is 12.3 Å². The van der Waals surface area contributed by atoms with Gasteiger partial charge in [-0.3, -0.25) is 4.79 Å². The molecule has 0 bridgehead atoms. The van der Waals surface area contributed by atoms with Crippen molar-refractivity contribution in [2.45, 2.75) is 51.0 Å². The number of hydrogen-bond acceptors (Lipinski definition) is 2. The summed E-state index contributed by atoms with van der Waals surface area (Å²) in [7, 11) is 0. The molecule has 1 rings (SSSR count). The maximum atomic E-state index is 10.7. The van der Waals surface area contributed by atoms with E-state index in [4.69, 9.17) is 10.6 Å². The molecular formula is C10H17N3O2. The lowest BCUT2D eigenvalue weighted by Gasteiger charge is -2.21. The lowest BCUT2D eigenvalue weighted by molar-refractivity contribution is -0.138. The second kappa shape index (κ2) is 6.30. The summed E-state index contributed by atoms with van der Waals surface area (Å²) in [5.41, 5.74) is 8.22. The first-order valence-corrected chi connectivity index (χ1v) is 5.51. The summed E-state index contributed by atoms with van der Waals surface area (Å²) in [6.45, 7) is 0. The average molecular weight is 211 g/mol. The van der Waals surface area contributed by atoms with E-state index in [2.05, 4.69) is 10.0 Å². The van der Waals surface area contributed by atoms with Gasteiger partial charge in [0.25, 0.3) is 0 Å². The third kappa shape index (κ3) is 4.21. The summed E-state index contributed by atoms with van der Waals surface area (Å²) in [5, 5.41) is 12.1. The number of hydrogen-bond donors (Lipinski definition) is 1. The summed E-state index contributed by atoms with van der Waals surface area (Å²) < 4.78 is 0. The van der Waals surface area contributed by atoms with Crippen LogP contribution in [0.5, 0.6) is 0 Å². The molecule has 84 valence electrons. The van der Waals surface area contributed by atoms with Crippen LogP contribution >= 0.6 is 0 Å². The van der Waals surface area contributed by atoms with Gasteiger partial charge in [-0.2, -0.15) is 0 Å². The van der Waals surface area contributed by atoms with Crippen molar-refractivity contribution in [2.75, 3.05) is 0 Å². The number of nitrogens with zero attached hydrogens (tertiary/aromatic N) is 3. The normalized spacial score (nSPS) is 19.2. The van der Waals surface area contributed by atoms with Crippen LogP contribution in [0.25, 0.3) is 10.4 Å². The minimum atomic E-state index is -1.01. The van der Waals surface area contributed by atoms with Gasteiger partial charge in [0.15, 0.2) is 0 Å². The summed E-state index contributed by atoms with van der Waals surface area (Å²) in [6, 6.07) is -0.878. The first kappa shape index (κ1) is 11.9. The molecule has 1 fully saturated rings. The Bertz CT molecular complexity index is 253.